The summed E-state index contributed by atoms with van der Waals surface area (Å²) >= 11 is 12.0. The molecule has 1 fully saturated rings. The fourth-order valence-corrected chi connectivity index (χ4v) is 4.84. The molecule has 4 aromatic rings. The molecular weight excluding hydrogens is 467 g/mol. The third-order valence-corrected chi connectivity index (χ3v) is 6.84. The average Bonchev–Trinajstić information content (AvgIpc) is 3.19. The monoisotopic (exact) mass is 492 g/mol. The number of likely N-dealkylation sites (tertiary alicyclic amines) is 1. The van der Waals surface area contributed by atoms with Gasteiger partial charge in [-0.15, -0.1) is 0 Å². The number of nitrogens with zero attached hydrogens (tertiary/aromatic N) is 3. The normalized spacial score (nSPS) is 16.6. The van der Waals surface area contributed by atoms with Gasteiger partial charge in [-0.1, -0.05) is 47.5 Å². The van der Waals surface area contributed by atoms with Crippen molar-refractivity contribution in [3.8, 4) is 0 Å². The van der Waals surface area contributed by atoms with Gasteiger partial charge < -0.3 is 9.88 Å². The quantitative estimate of drug-likeness (QED) is 0.346. The Morgan fingerprint density at radius 2 is 1.65 bits per heavy atom. The van der Waals surface area contributed by atoms with Crippen LogP contribution in [0, 0.1) is 5.92 Å². The Kier molecular flexibility index (Phi) is 6.86. The van der Waals surface area contributed by atoms with E-state index in [0.717, 1.165) is 53.5 Å². The Morgan fingerprint density at radius 3 is 2.41 bits per heavy atom. The van der Waals surface area contributed by atoms with Gasteiger partial charge in [0.25, 0.3) is 0 Å². The van der Waals surface area contributed by atoms with Crippen molar-refractivity contribution >= 4 is 45.8 Å². The Hall–Kier alpha value is -2.86. The molecule has 3 aromatic carbocycles. The van der Waals surface area contributed by atoms with Crippen molar-refractivity contribution in [3.05, 3.63) is 94.2 Å². The van der Waals surface area contributed by atoms with Crippen LogP contribution < -0.4 is 5.32 Å². The number of nitrogens with one attached hydrogen (secondary N) is 1. The van der Waals surface area contributed by atoms with Crippen molar-refractivity contribution in [1.82, 2.24) is 14.5 Å². The number of hydrogen-bond donors (Lipinski definition) is 1. The van der Waals surface area contributed by atoms with Gasteiger partial charge in [0.15, 0.2) is 0 Å². The van der Waals surface area contributed by atoms with E-state index < -0.39 is 0 Å². The standard InChI is InChI=1S/C27H26Cl2N4O/c28-21-9-7-19(8-10-21)16-33-25-6-2-1-5-24(25)31-26(33)18-32-15-3-4-20(17-32)27(34)30-23-13-11-22(29)12-14-23/h1-2,5-14,20H,3-4,15-18H2,(H,30,34)/t20-/m1/s1. The summed E-state index contributed by atoms with van der Waals surface area (Å²) in [7, 11) is 0. The minimum Gasteiger partial charge on any atom is -0.326 e. The van der Waals surface area contributed by atoms with E-state index in [0.29, 0.717) is 18.1 Å². The molecule has 174 valence electrons. The highest BCUT2D eigenvalue weighted by Gasteiger charge is 2.27. The van der Waals surface area contributed by atoms with Crippen molar-refractivity contribution in [2.24, 2.45) is 5.92 Å². The van der Waals surface area contributed by atoms with Gasteiger partial charge in [-0.25, -0.2) is 4.98 Å². The molecule has 1 atom stereocenters. The lowest BCUT2D eigenvalue weighted by molar-refractivity contribution is -0.121. The lowest BCUT2D eigenvalue weighted by Gasteiger charge is -2.31. The lowest BCUT2D eigenvalue weighted by atomic mass is 9.97. The molecule has 0 aliphatic carbocycles. The summed E-state index contributed by atoms with van der Waals surface area (Å²) in [5.41, 5.74) is 4.05. The first-order valence-electron chi connectivity index (χ1n) is 11.5. The molecule has 5 rings (SSSR count). The number of benzene rings is 3. The molecule has 2 heterocycles. The first-order valence-corrected chi connectivity index (χ1v) is 12.3. The maximum atomic E-state index is 12.9. The van der Waals surface area contributed by atoms with Crippen molar-refractivity contribution in [2.45, 2.75) is 25.9 Å². The van der Waals surface area contributed by atoms with E-state index >= 15 is 0 Å². The van der Waals surface area contributed by atoms with Crippen LogP contribution in [0.1, 0.15) is 24.2 Å². The zero-order valence-electron chi connectivity index (χ0n) is 18.8. The highest BCUT2D eigenvalue weighted by molar-refractivity contribution is 6.30. The van der Waals surface area contributed by atoms with Crippen LogP contribution in [0.15, 0.2) is 72.8 Å². The van der Waals surface area contributed by atoms with Gasteiger partial charge in [0.2, 0.25) is 5.91 Å². The second-order valence-electron chi connectivity index (χ2n) is 8.80. The first kappa shape index (κ1) is 22.9. The lowest BCUT2D eigenvalue weighted by Crippen LogP contribution is -2.40. The fraction of sp³-hybridized carbons (Fsp3) is 0.259. The maximum absolute atomic E-state index is 12.9. The van der Waals surface area contributed by atoms with E-state index in [4.69, 9.17) is 28.2 Å². The molecule has 1 aliphatic heterocycles. The van der Waals surface area contributed by atoms with E-state index in [-0.39, 0.29) is 11.8 Å². The van der Waals surface area contributed by atoms with Crippen LogP contribution in [0.25, 0.3) is 11.0 Å². The number of fused-ring (bicyclic) bond motifs is 1. The molecule has 0 spiro atoms. The highest BCUT2D eigenvalue weighted by atomic mass is 35.5. The predicted octanol–water partition coefficient (Wildman–Crippen LogP) is 6.24. The van der Waals surface area contributed by atoms with E-state index in [1.165, 1.54) is 5.56 Å². The molecular formula is C27H26Cl2N4O. The summed E-state index contributed by atoms with van der Waals surface area (Å²) in [5, 5.41) is 4.43. The summed E-state index contributed by atoms with van der Waals surface area (Å²) in [6, 6.07) is 23.4. The SMILES string of the molecule is O=C(Nc1ccc(Cl)cc1)[C@@H]1CCCN(Cc2nc3ccccc3n2Cc2ccc(Cl)cc2)C1. The minimum absolute atomic E-state index is 0.0569. The van der Waals surface area contributed by atoms with Gasteiger partial charge in [0.05, 0.1) is 23.5 Å². The van der Waals surface area contributed by atoms with Gasteiger partial charge in [-0.2, -0.15) is 0 Å². The number of carbonyl (C=O) groups excluding carboxylic acids is 1. The molecule has 0 unspecified atom stereocenters. The van der Waals surface area contributed by atoms with Gasteiger partial charge in [0, 0.05) is 28.8 Å². The number of aromatic nitrogens is 2. The fourth-order valence-electron chi connectivity index (χ4n) is 4.59. The molecule has 34 heavy (non-hydrogen) atoms. The number of imidazole rings is 1. The Bertz CT molecular complexity index is 1280. The second kappa shape index (κ2) is 10.2. The number of hydrogen-bond acceptors (Lipinski definition) is 3. The molecule has 1 N–H and O–H groups in total. The third-order valence-electron chi connectivity index (χ3n) is 6.34. The number of para-hydroxylation sites is 2. The number of rotatable bonds is 6. The minimum atomic E-state index is -0.0569. The Labute approximate surface area is 209 Å². The van der Waals surface area contributed by atoms with Crippen LogP contribution in [0.5, 0.6) is 0 Å². The zero-order valence-corrected chi connectivity index (χ0v) is 20.3. The molecule has 0 bridgehead atoms. The zero-order chi connectivity index (χ0) is 23.5. The van der Waals surface area contributed by atoms with Gasteiger partial charge in [-0.3, -0.25) is 9.69 Å². The smallest absolute Gasteiger partial charge is 0.228 e. The summed E-state index contributed by atoms with van der Waals surface area (Å²) in [4.78, 5) is 20.2. The van der Waals surface area contributed by atoms with E-state index in [9.17, 15) is 4.79 Å². The van der Waals surface area contributed by atoms with Crippen LogP contribution in [-0.2, 0) is 17.9 Å². The summed E-state index contributed by atoms with van der Waals surface area (Å²) in [5.74, 6) is 1.01. The molecule has 7 heteroatoms. The summed E-state index contributed by atoms with van der Waals surface area (Å²) < 4.78 is 2.27. The van der Waals surface area contributed by atoms with Crippen LogP contribution in [-0.4, -0.2) is 33.4 Å². The van der Waals surface area contributed by atoms with E-state index in [1.807, 2.05) is 36.4 Å². The summed E-state index contributed by atoms with van der Waals surface area (Å²) in [6.45, 7) is 3.09. The predicted molar refractivity (Wildman–Crippen MR) is 138 cm³/mol. The second-order valence-corrected chi connectivity index (χ2v) is 9.67. The Balaban J connectivity index is 1.32. The summed E-state index contributed by atoms with van der Waals surface area (Å²) in [6.07, 6.45) is 1.87. The van der Waals surface area contributed by atoms with Crippen LogP contribution in [0.4, 0.5) is 5.69 Å². The highest BCUT2D eigenvalue weighted by Crippen LogP contribution is 2.24. The molecule has 1 amide bonds. The Morgan fingerprint density at radius 1 is 0.941 bits per heavy atom. The van der Waals surface area contributed by atoms with Crippen molar-refractivity contribution in [1.29, 1.82) is 0 Å². The molecule has 1 aromatic heterocycles. The van der Waals surface area contributed by atoms with E-state index in [2.05, 4.69) is 39.0 Å². The van der Waals surface area contributed by atoms with E-state index in [1.54, 1.807) is 12.1 Å². The van der Waals surface area contributed by atoms with Gasteiger partial charge in [-0.05, 0) is 73.5 Å². The van der Waals surface area contributed by atoms with Gasteiger partial charge in [0.1, 0.15) is 5.82 Å². The van der Waals surface area contributed by atoms with Crippen LogP contribution in [0.3, 0.4) is 0 Å². The number of amides is 1. The maximum Gasteiger partial charge on any atom is 0.228 e. The topological polar surface area (TPSA) is 50.2 Å². The third kappa shape index (κ3) is 5.27. The number of piperidine rings is 1. The largest absolute Gasteiger partial charge is 0.326 e. The molecule has 0 saturated carbocycles. The van der Waals surface area contributed by atoms with Crippen molar-refractivity contribution in [3.63, 3.8) is 0 Å². The van der Waals surface area contributed by atoms with Crippen molar-refractivity contribution in [2.75, 3.05) is 18.4 Å². The molecule has 5 nitrogen and oxygen atoms in total. The van der Waals surface area contributed by atoms with Crippen LogP contribution >= 0.6 is 23.2 Å². The number of anilines is 1. The number of carbonyl (C=O) groups is 1. The van der Waals surface area contributed by atoms with Crippen molar-refractivity contribution < 1.29 is 4.79 Å². The molecule has 1 aliphatic rings. The molecule has 1 saturated heterocycles. The van der Waals surface area contributed by atoms with Crippen LogP contribution in [0.2, 0.25) is 10.0 Å². The van der Waals surface area contributed by atoms with Gasteiger partial charge >= 0.3 is 0 Å². The average molecular weight is 493 g/mol. The number of halogens is 2. The molecule has 0 radical (unpaired) electrons. The first-order chi connectivity index (χ1) is 16.5.